The monoisotopic (exact) mass is 369 g/mol. The Labute approximate surface area is 157 Å². The molecule has 0 aromatic heterocycles. The van der Waals surface area contributed by atoms with E-state index >= 15 is 0 Å². The van der Waals surface area contributed by atoms with Crippen molar-refractivity contribution in [1.82, 2.24) is 4.90 Å². The van der Waals surface area contributed by atoms with Crippen molar-refractivity contribution in [1.29, 1.82) is 0 Å². The highest BCUT2D eigenvalue weighted by Crippen LogP contribution is 2.36. The number of amides is 1. The SMILES string of the molecule is CN1C[C@H](c2ccc3c(c2)CCC3)[C@@H](C(=O)Cc2cccc(F)c2F)C1=O. The van der Waals surface area contributed by atoms with Crippen LogP contribution in [0.25, 0.3) is 0 Å². The van der Waals surface area contributed by atoms with Crippen molar-refractivity contribution in [2.45, 2.75) is 31.6 Å². The lowest BCUT2D eigenvalue weighted by Gasteiger charge is -2.17. The minimum Gasteiger partial charge on any atom is -0.344 e. The third-order valence-corrected chi connectivity index (χ3v) is 5.81. The van der Waals surface area contributed by atoms with Crippen LogP contribution in [-0.2, 0) is 28.9 Å². The number of rotatable bonds is 4. The molecule has 1 amide bonds. The lowest BCUT2D eigenvalue weighted by molar-refractivity contribution is -0.136. The van der Waals surface area contributed by atoms with Gasteiger partial charge in [0.1, 0.15) is 11.7 Å². The van der Waals surface area contributed by atoms with Gasteiger partial charge in [-0.3, -0.25) is 9.59 Å². The summed E-state index contributed by atoms with van der Waals surface area (Å²) < 4.78 is 27.4. The number of carbonyl (C=O) groups excluding carboxylic acids is 2. The van der Waals surface area contributed by atoms with Crippen molar-refractivity contribution >= 4 is 11.7 Å². The Morgan fingerprint density at radius 2 is 1.93 bits per heavy atom. The molecule has 2 atom stereocenters. The molecular formula is C22H21F2NO2. The van der Waals surface area contributed by atoms with Crippen LogP contribution in [0.15, 0.2) is 36.4 Å². The van der Waals surface area contributed by atoms with Gasteiger partial charge >= 0.3 is 0 Å². The normalized spacial score (nSPS) is 21.6. The Kier molecular flexibility index (Phi) is 4.54. The number of hydrogen-bond donors (Lipinski definition) is 0. The van der Waals surface area contributed by atoms with Gasteiger partial charge < -0.3 is 4.90 Å². The molecule has 3 nitrogen and oxygen atoms in total. The fraction of sp³-hybridized carbons (Fsp3) is 0.364. The molecule has 0 spiro atoms. The molecule has 0 N–H and O–H groups in total. The molecule has 2 aromatic rings. The van der Waals surface area contributed by atoms with Gasteiger partial charge in [0, 0.05) is 25.9 Å². The number of ketones is 1. The molecule has 1 aliphatic heterocycles. The van der Waals surface area contributed by atoms with Crippen LogP contribution in [0.1, 0.15) is 34.6 Å². The van der Waals surface area contributed by atoms with Crippen molar-refractivity contribution in [3.05, 3.63) is 70.3 Å². The molecule has 4 rings (SSSR count). The zero-order chi connectivity index (χ0) is 19.1. The molecule has 1 fully saturated rings. The third kappa shape index (κ3) is 3.15. The third-order valence-electron chi connectivity index (χ3n) is 5.81. The van der Waals surface area contributed by atoms with E-state index in [9.17, 15) is 18.4 Å². The van der Waals surface area contributed by atoms with Crippen LogP contribution in [0.2, 0.25) is 0 Å². The van der Waals surface area contributed by atoms with E-state index in [1.165, 1.54) is 23.3 Å². The largest absolute Gasteiger partial charge is 0.344 e. The average molecular weight is 369 g/mol. The molecule has 2 aliphatic rings. The maximum absolute atomic E-state index is 14.0. The Hall–Kier alpha value is -2.56. The lowest BCUT2D eigenvalue weighted by atomic mass is 9.83. The first-order chi connectivity index (χ1) is 13.0. The zero-order valence-corrected chi connectivity index (χ0v) is 15.2. The van der Waals surface area contributed by atoms with E-state index < -0.39 is 17.6 Å². The van der Waals surface area contributed by atoms with Crippen LogP contribution < -0.4 is 0 Å². The van der Waals surface area contributed by atoms with E-state index in [0.717, 1.165) is 30.9 Å². The molecule has 1 aliphatic carbocycles. The first-order valence-corrected chi connectivity index (χ1v) is 9.28. The highest BCUT2D eigenvalue weighted by atomic mass is 19.2. The van der Waals surface area contributed by atoms with E-state index in [1.807, 2.05) is 6.07 Å². The number of hydrogen-bond acceptors (Lipinski definition) is 2. The van der Waals surface area contributed by atoms with E-state index in [1.54, 1.807) is 11.9 Å². The fourth-order valence-corrected chi connectivity index (χ4v) is 4.36. The van der Waals surface area contributed by atoms with Crippen molar-refractivity contribution < 1.29 is 18.4 Å². The minimum atomic E-state index is -1.02. The first-order valence-electron chi connectivity index (χ1n) is 9.28. The van der Waals surface area contributed by atoms with Crippen molar-refractivity contribution in [2.24, 2.45) is 5.92 Å². The topological polar surface area (TPSA) is 37.4 Å². The van der Waals surface area contributed by atoms with Gasteiger partial charge in [0.05, 0.1) is 0 Å². The van der Waals surface area contributed by atoms with Crippen molar-refractivity contribution in [3.63, 3.8) is 0 Å². The standard InChI is InChI=1S/C22H21F2NO2/c1-25-12-17(15-9-8-13-4-2-5-14(13)10-15)20(22(25)27)19(26)11-16-6-3-7-18(23)21(16)24/h3,6-10,17,20H,2,4-5,11-12H2,1H3/t17-,20+/m1/s1. The number of aryl methyl sites for hydroxylation is 2. The molecule has 1 saturated heterocycles. The van der Waals surface area contributed by atoms with E-state index in [4.69, 9.17) is 0 Å². The molecule has 27 heavy (non-hydrogen) atoms. The maximum atomic E-state index is 14.0. The van der Waals surface area contributed by atoms with Gasteiger partial charge in [-0.15, -0.1) is 0 Å². The highest BCUT2D eigenvalue weighted by molar-refractivity contribution is 6.04. The number of halogens is 2. The molecule has 140 valence electrons. The Bertz CT molecular complexity index is 925. The van der Waals surface area contributed by atoms with Crippen LogP contribution >= 0.6 is 0 Å². The Balaban J connectivity index is 1.63. The molecule has 1 heterocycles. The lowest BCUT2D eigenvalue weighted by Crippen LogP contribution is -2.29. The van der Waals surface area contributed by atoms with E-state index in [2.05, 4.69) is 12.1 Å². The maximum Gasteiger partial charge on any atom is 0.233 e. The number of benzene rings is 2. The molecule has 0 radical (unpaired) electrons. The molecular weight excluding hydrogens is 348 g/mol. The Morgan fingerprint density at radius 3 is 2.74 bits per heavy atom. The predicted octanol–water partition coefficient (Wildman–Crippen LogP) is 3.44. The van der Waals surface area contributed by atoms with Gasteiger partial charge in [-0.25, -0.2) is 8.78 Å². The first kappa shape index (κ1) is 17.8. The van der Waals surface area contributed by atoms with Crippen LogP contribution in [0, 0.1) is 17.6 Å². The van der Waals surface area contributed by atoms with Gasteiger partial charge in [0.15, 0.2) is 11.6 Å². The fourth-order valence-electron chi connectivity index (χ4n) is 4.36. The smallest absolute Gasteiger partial charge is 0.233 e. The quantitative estimate of drug-likeness (QED) is 0.775. The summed E-state index contributed by atoms with van der Waals surface area (Å²) in [4.78, 5) is 27.1. The highest BCUT2D eigenvalue weighted by Gasteiger charge is 2.44. The number of likely N-dealkylation sites (N-methyl/N-ethyl adjacent to an activating group) is 1. The second-order valence-corrected chi connectivity index (χ2v) is 7.54. The summed E-state index contributed by atoms with van der Waals surface area (Å²) in [7, 11) is 1.68. The summed E-state index contributed by atoms with van der Waals surface area (Å²) in [5.74, 6) is -3.71. The van der Waals surface area contributed by atoms with Gasteiger partial charge in [0.2, 0.25) is 5.91 Å². The van der Waals surface area contributed by atoms with Crippen LogP contribution in [0.5, 0.6) is 0 Å². The van der Waals surface area contributed by atoms with Gasteiger partial charge in [-0.2, -0.15) is 0 Å². The van der Waals surface area contributed by atoms with Crippen LogP contribution in [0.4, 0.5) is 8.78 Å². The van der Waals surface area contributed by atoms with Crippen molar-refractivity contribution in [3.8, 4) is 0 Å². The summed E-state index contributed by atoms with van der Waals surface area (Å²) in [5, 5.41) is 0. The van der Waals surface area contributed by atoms with Crippen LogP contribution in [-0.4, -0.2) is 30.2 Å². The molecule has 5 heteroatoms. The predicted molar refractivity (Wildman–Crippen MR) is 97.4 cm³/mol. The summed E-state index contributed by atoms with van der Waals surface area (Å²) in [6.07, 6.45) is 2.94. The number of nitrogens with zero attached hydrogens (tertiary/aromatic N) is 1. The van der Waals surface area contributed by atoms with Crippen LogP contribution in [0.3, 0.4) is 0 Å². The second kappa shape index (κ2) is 6.87. The summed E-state index contributed by atoms with van der Waals surface area (Å²) in [6, 6.07) is 10.00. The molecule has 0 saturated carbocycles. The molecule has 0 unspecified atom stereocenters. The number of likely N-dealkylation sites (tertiary alicyclic amines) is 1. The number of fused-ring (bicyclic) bond motifs is 1. The summed E-state index contributed by atoms with van der Waals surface area (Å²) in [5.41, 5.74) is 3.60. The molecule has 2 aromatic carbocycles. The van der Waals surface area contributed by atoms with Gasteiger partial charge in [-0.05, 0) is 47.6 Å². The van der Waals surface area contributed by atoms with Gasteiger partial charge in [0.25, 0.3) is 0 Å². The zero-order valence-electron chi connectivity index (χ0n) is 15.2. The van der Waals surface area contributed by atoms with E-state index in [0.29, 0.717) is 6.54 Å². The molecule has 0 bridgehead atoms. The number of carbonyl (C=O) groups is 2. The Morgan fingerprint density at radius 1 is 1.15 bits per heavy atom. The number of Topliss-reactive ketones (excluding diaryl/α,β-unsaturated/α-hetero) is 1. The van der Waals surface area contributed by atoms with Crippen molar-refractivity contribution in [2.75, 3.05) is 13.6 Å². The minimum absolute atomic E-state index is 0.00458. The second-order valence-electron chi connectivity index (χ2n) is 7.54. The van der Waals surface area contributed by atoms with E-state index in [-0.39, 0.29) is 29.6 Å². The van der Waals surface area contributed by atoms with Gasteiger partial charge in [-0.1, -0.05) is 30.3 Å². The average Bonchev–Trinajstić information content (AvgIpc) is 3.23. The summed E-state index contributed by atoms with van der Waals surface area (Å²) >= 11 is 0. The summed E-state index contributed by atoms with van der Waals surface area (Å²) in [6.45, 7) is 0.458.